The second-order valence-electron chi connectivity index (χ2n) is 5.23. The molecule has 1 unspecified atom stereocenters. The van der Waals surface area contributed by atoms with Crippen LogP contribution in [0.5, 0.6) is 0 Å². The quantitative estimate of drug-likeness (QED) is 0.815. The molecule has 1 aliphatic rings. The van der Waals surface area contributed by atoms with Crippen LogP contribution in [0.4, 0.5) is 0 Å². The summed E-state index contributed by atoms with van der Waals surface area (Å²) in [6, 6.07) is 8.61. The first-order chi connectivity index (χ1) is 8.18. The first-order valence-electron chi connectivity index (χ1n) is 6.64. The Bertz CT molecular complexity index is 375. The van der Waals surface area contributed by atoms with Crippen molar-refractivity contribution < 1.29 is 4.74 Å². The van der Waals surface area contributed by atoms with Crippen molar-refractivity contribution in [1.82, 2.24) is 0 Å². The van der Waals surface area contributed by atoms with Crippen LogP contribution in [0.15, 0.2) is 24.3 Å². The maximum Gasteiger partial charge on any atom is 0.106 e. The fraction of sp³-hybridized carbons (Fsp3) is 0.600. The average molecular weight is 233 g/mol. The molecule has 2 heteroatoms. The Morgan fingerprint density at radius 1 is 1.29 bits per heavy atom. The molecule has 0 heterocycles. The predicted molar refractivity (Wildman–Crippen MR) is 71.0 cm³/mol. The fourth-order valence-corrected chi connectivity index (χ4v) is 2.88. The third kappa shape index (κ3) is 2.53. The predicted octanol–water partition coefficient (Wildman–Crippen LogP) is 2.99. The molecule has 1 aromatic carbocycles. The zero-order valence-electron chi connectivity index (χ0n) is 10.9. The lowest BCUT2D eigenvalue weighted by Gasteiger charge is -2.35. The second-order valence-corrected chi connectivity index (χ2v) is 5.23. The highest BCUT2D eigenvalue weighted by Gasteiger charge is 2.35. The molecule has 0 aliphatic heterocycles. The van der Waals surface area contributed by atoms with E-state index in [0.29, 0.717) is 6.54 Å². The maximum atomic E-state index is 6.21. The molecule has 1 aliphatic carbocycles. The molecule has 0 amide bonds. The smallest absolute Gasteiger partial charge is 0.106 e. The summed E-state index contributed by atoms with van der Waals surface area (Å²) in [6.07, 6.45) is 4.83. The van der Waals surface area contributed by atoms with E-state index < -0.39 is 0 Å². The number of fused-ring (bicyclic) bond motifs is 1. The van der Waals surface area contributed by atoms with Gasteiger partial charge in [-0.25, -0.2) is 0 Å². The zero-order valence-corrected chi connectivity index (χ0v) is 10.9. The number of benzene rings is 1. The lowest BCUT2D eigenvalue weighted by atomic mass is 9.87. The molecule has 1 atom stereocenters. The summed E-state index contributed by atoms with van der Waals surface area (Å²) in [4.78, 5) is 0. The molecule has 2 nitrogen and oxygen atoms in total. The third-order valence-corrected chi connectivity index (χ3v) is 3.58. The number of rotatable bonds is 3. The van der Waals surface area contributed by atoms with Gasteiger partial charge in [-0.2, -0.15) is 0 Å². The van der Waals surface area contributed by atoms with Crippen molar-refractivity contribution in [2.45, 2.75) is 51.2 Å². The molecule has 0 fully saturated rings. The lowest BCUT2D eigenvalue weighted by molar-refractivity contribution is -0.0849. The Labute approximate surface area is 104 Å². The molecule has 2 N–H and O–H groups in total. The van der Waals surface area contributed by atoms with E-state index in [0.717, 1.165) is 12.8 Å². The van der Waals surface area contributed by atoms with Gasteiger partial charge in [0.1, 0.15) is 5.60 Å². The molecule has 2 rings (SSSR count). The van der Waals surface area contributed by atoms with Crippen molar-refractivity contribution >= 4 is 0 Å². The molecule has 0 radical (unpaired) electrons. The van der Waals surface area contributed by atoms with Gasteiger partial charge in [0.25, 0.3) is 0 Å². The highest BCUT2D eigenvalue weighted by atomic mass is 16.5. The largest absolute Gasteiger partial charge is 0.366 e. The van der Waals surface area contributed by atoms with E-state index in [4.69, 9.17) is 10.5 Å². The molecule has 17 heavy (non-hydrogen) atoms. The SMILES string of the molecule is CC(C)OC1(CN)CCCCc2ccccc21. The van der Waals surface area contributed by atoms with Crippen LogP contribution in [0.3, 0.4) is 0 Å². The molecule has 0 spiro atoms. The van der Waals surface area contributed by atoms with E-state index in [-0.39, 0.29) is 11.7 Å². The topological polar surface area (TPSA) is 35.2 Å². The third-order valence-electron chi connectivity index (χ3n) is 3.58. The normalized spacial score (nSPS) is 24.5. The minimum absolute atomic E-state index is 0.213. The molecule has 0 saturated heterocycles. The van der Waals surface area contributed by atoms with Crippen molar-refractivity contribution in [3.05, 3.63) is 35.4 Å². The summed E-state index contributed by atoms with van der Waals surface area (Å²) >= 11 is 0. The fourth-order valence-electron chi connectivity index (χ4n) is 2.88. The van der Waals surface area contributed by atoms with Crippen LogP contribution >= 0.6 is 0 Å². The second kappa shape index (κ2) is 5.19. The molecular weight excluding hydrogens is 210 g/mol. The van der Waals surface area contributed by atoms with Gasteiger partial charge >= 0.3 is 0 Å². The number of hydrogen-bond donors (Lipinski definition) is 1. The number of hydrogen-bond acceptors (Lipinski definition) is 2. The highest BCUT2D eigenvalue weighted by molar-refractivity contribution is 5.34. The van der Waals surface area contributed by atoms with Crippen molar-refractivity contribution in [2.75, 3.05) is 6.54 Å². The minimum atomic E-state index is -0.263. The first-order valence-corrected chi connectivity index (χ1v) is 6.64. The van der Waals surface area contributed by atoms with Crippen molar-refractivity contribution in [1.29, 1.82) is 0 Å². The molecule has 0 saturated carbocycles. The van der Waals surface area contributed by atoms with Crippen molar-refractivity contribution in [2.24, 2.45) is 5.73 Å². The maximum absolute atomic E-state index is 6.21. The molecule has 0 aromatic heterocycles. The minimum Gasteiger partial charge on any atom is -0.366 e. The van der Waals surface area contributed by atoms with Gasteiger partial charge in [0.05, 0.1) is 6.10 Å². The summed E-state index contributed by atoms with van der Waals surface area (Å²) in [6.45, 7) is 4.75. The van der Waals surface area contributed by atoms with Crippen LogP contribution in [0.25, 0.3) is 0 Å². The Kier molecular flexibility index (Phi) is 3.85. The highest BCUT2D eigenvalue weighted by Crippen LogP contribution is 2.37. The van der Waals surface area contributed by atoms with E-state index in [1.807, 2.05) is 0 Å². The number of ether oxygens (including phenoxy) is 1. The van der Waals surface area contributed by atoms with Crippen LogP contribution in [0.1, 0.15) is 44.2 Å². The van der Waals surface area contributed by atoms with E-state index in [9.17, 15) is 0 Å². The average Bonchev–Trinajstić information content (AvgIpc) is 2.50. The monoisotopic (exact) mass is 233 g/mol. The molecule has 94 valence electrons. The summed E-state index contributed by atoms with van der Waals surface area (Å²) in [7, 11) is 0. The molecular formula is C15H23NO. The van der Waals surface area contributed by atoms with Crippen LogP contribution in [0, 0.1) is 0 Å². The van der Waals surface area contributed by atoms with Crippen molar-refractivity contribution in [3.8, 4) is 0 Å². The summed E-state index contributed by atoms with van der Waals surface area (Å²) < 4.78 is 6.21. The summed E-state index contributed by atoms with van der Waals surface area (Å²) in [5.41, 5.74) is 8.51. The van der Waals surface area contributed by atoms with Crippen LogP contribution in [0.2, 0.25) is 0 Å². The zero-order chi connectivity index (χ0) is 12.3. The lowest BCUT2D eigenvalue weighted by Crippen LogP contribution is -2.40. The standard InChI is InChI=1S/C15H23NO/c1-12(2)17-15(11-16)10-6-5-8-13-7-3-4-9-14(13)15/h3-4,7,9,12H,5-6,8,10-11,16H2,1-2H3. The molecule has 0 bridgehead atoms. The Morgan fingerprint density at radius 2 is 2.06 bits per heavy atom. The Balaban J connectivity index is 2.43. The van der Waals surface area contributed by atoms with Gasteiger partial charge in [-0.15, -0.1) is 0 Å². The summed E-state index contributed by atoms with van der Waals surface area (Å²) in [5, 5.41) is 0. The van der Waals surface area contributed by atoms with E-state index in [1.165, 1.54) is 24.0 Å². The van der Waals surface area contributed by atoms with Gasteiger partial charge in [0, 0.05) is 6.54 Å². The van der Waals surface area contributed by atoms with Gasteiger partial charge in [0.2, 0.25) is 0 Å². The Morgan fingerprint density at radius 3 is 2.76 bits per heavy atom. The van der Waals surface area contributed by atoms with Crippen LogP contribution in [-0.4, -0.2) is 12.6 Å². The van der Waals surface area contributed by atoms with Crippen LogP contribution in [-0.2, 0) is 16.8 Å². The number of nitrogens with two attached hydrogens (primary N) is 1. The van der Waals surface area contributed by atoms with E-state index >= 15 is 0 Å². The first kappa shape index (κ1) is 12.6. The van der Waals surface area contributed by atoms with Crippen molar-refractivity contribution in [3.63, 3.8) is 0 Å². The van der Waals surface area contributed by atoms with Crippen LogP contribution < -0.4 is 5.73 Å². The molecule has 1 aromatic rings. The van der Waals surface area contributed by atoms with Gasteiger partial charge in [0.15, 0.2) is 0 Å². The Hall–Kier alpha value is -0.860. The van der Waals surface area contributed by atoms with Gasteiger partial charge in [-0.05, 0) is 50.7 Å². The summed E-state index contributed by atoms with van der Waals surface area (Å²) in [5.74, 6) is 0. The van der Waals surface area contributed by atoms with E-state index in [1.54, 1.807) is 0 Å². The van der Waals surface area contributed by atoms with Gasteiger partial charge in [-0.3, -0.25) is 0 Å². The van der Waals surface area contributed by atoms with E-state index in [2.05, 4.69) is 38.1 Å². The number of aryl methyl sites for hydroxylation is 1. The van der Waals surface area contributed by atoms with Gasteiger partial charge in [-0.1, -0.05) is 24.3 Å². The van der Waals surface area contributed by atoms with Gasteiger partial charge < -0.3 is 10.5 Å².